The lowest BCUT2D eigenvalue weighted by Gasteiger charge is -2.15. The van der Waals surface area contributed by atoms with Gasteiger partial charge in [-0.15, -0.1) is 0 Å². The van der Waals surface area contributed by atoms with Crippen LogP contribution in [-0.4, -0.2) is 31.4 Å². The Kier molecular flexibility index (Phi) is 4.70. The molecule has 2 rings (SSSR count). The molecule has 0 saturated heterocycles. The molecule has 0 bridgehead atoms. The standard InChI is InChI=1S/C15H21ClN2O/c1-18(2)15(19)12-7-8-13(16)14(9-12)17-10-11-5-3-4-6-11/h7-9,11,17H,3-6,10H2,1-2H3. The molecule has 0 spiro atoms. The van der Waals surface area contributed by atoms with Crippen LogP contribution in [0.4, 0.5) is 5.69 Å². The van der Waals surface area contributed by atoms with Crippen molar-refractivity contribution in [3.05, 3.63) is 28.8 Å². The van der Waals surface area contributed by atoms with Gasteiger partial charge in [-0.3, -0.25) is 4.79 Å². The van der Waals surface area contributed by atoms with Crippen LogP contribution in [0.5, 0.6) is 0 Å². The first kappa shape index (κ1) is 14.2. The predicted molar refractivity (Wildman–Crippen MR) is 79.9 cm³/mol. The summed E-state index contributed by atoms with van der Waals surface area (Å²) in [6.45, 7) is 0.944. The molecule has 1 aromatic rings. The molecular weight excluding hydrogens is 260 g/mol. The van der Waals surface area contributed by atoms with E-state index in [0.29, 0.717) is 10.6 Å². The maximum atomic E-state index is 11.9. The van der Waals surface area contributed by atoms with Gasteiger partial charge in [-0.1, -0.05) is 24.4 Å². The van der Waals surface area contributed by atoms with Crippen molar-refractivity contribution in [2.75, 3.05) is 26.0 Å². The van der Waals surface area contributed by atoms with Crippen LogP contribution < -0.4 is 5.32 Å². The highest BCUT2D eigenvalue weighted by atomic mass is 35.5. The van der Waals surface area contributed by atoms with Gasteiger partial charge in [0.1, 0.15) is 0 Å². The number of hydrogen-bond donors (Lipinski definition) is 1. The number of rotatable bonds is 4. The van der Waals surface area contributed by atoms with Gasteiger partial charge in [0.05, 0.1) is 10.7 Å². The van der Waals surface area contributed by atoms with E-state index in [1.807, 2.05) is 6.07 Å². The minimum absolute atomic E-state index is 0.000540. The molecule has 1 N–H and O–H groups in total. The van der Waals surface area contributed by atoms with Crippen molar-refractivity contribution in [3.8, 4) is 0 Å². The quantitative estimate of drug-likeness (QED) is 0.913. The van der Waals surface area contributed by atoms with E-state index < -0.39 is 0 Å². The van der Waals surface area contributed by atoms with E-state index >= 15 is 0 Å². The van der Waals surface area contributed by atoms with Crippen molar-refractivity contribution in [2.24, 2.45) is 5.92 Å². The van der Waals surface area contributed by atoms with Gasteiger partial charge in [-0.25, -0.2) is 0 Å². The highest BCUT2D eigenvalue weighted by Crippen LogP contribution is 2.28. The van der Waals surface area contributed by atoms with E-state index in [4.69, 9.17) is 11.6 Å². The van der Waals surface area contributed by atoms with Gasteiger partial charge in [0.15, 0.2) is 0 Å². The Morgan fingerprint density at radius 3 is 2.68 bits per heavy atom. The third-order valence-electron chi connectivity index (χ3n) is 3.68. The second-order valence-corrected chi connectivity index (χ2v) is 5.83. The number of hydrogen-bond acceptors (Lipinski definition) is 2. The monoisotopic (exact) mass is 280 g/mol. The predicted octanol–water partition coefficient (Wildman–Crippen LogP) is 3.64. The first-order valence-corrected chi connectivity index (χ1v) is 7.21. The summed E-state index contributed by atoms with van der Waals surface area (Å²) >= 11 is 6.18. The Labute approximate surface area is 119 Å². The molecule has 1 amide bonds. The number of amides is 1. The van der Waals surface area contributed by atoms with Gasteiger partial charge in [0, 0.05) is 26.2 Å². The second-order valence-electron chi connectivity index (χ2n) is 5.43. The molecule has 0 aromatic heterocycles. The summed E-state index contributed by atoms with van der Waals surface area (Å²) in [5.74, 6) is 0.741. The van der Waals surface area contributed by atoms with Crippen molar-refractivity contribution in [2.45, 2.75) is 25.7 Å². The summed E-state index contributed by atoms with van der Waals surface area (Å²) in [6.07, 6.45) is 5.25. The lowest BCUT2D eigenvalue weighted by atomic mass is 10.1. The Bertz CT molecular complexity index is 453. The summed E-state index contributed by atoms with van der Waals surface area (Å²) in [6, 6.07) is 5.40. The normalized spacial score (nSPS) is 15.5. The van der Waals surface area contributed by atoms with Crippen molar-refractivity contribution < 1.29 is 4.79 Å². The van der Waals surface area contributed by atoms with Gasteiger partial charge in [0.2, 0.25) is 0 Å². The molecular formula is C15H21ClN2O. The third-order valence-corrected chi connectivity index (χ3v) is 4.01. The van der Waals surface area contributed by atoms with Crippen LogP contribution in [-0.2, 0) is 0 Å². The van der Waals surface area contributed by atoms with Crippen LogP contribution in [0.2, 0.25) is 5.02 Å². The van der Waals surface area contributed by atoms with Crippen molar-refractivity contribution in [1.82, 2.24) is 4.90 Å². The van der Waals surface area contributed by atoms with Crippen molar-refractivity contribution >= 4 is 23.2 Å². The molecule has 0 atom stereocenters. The fourth-order valence-corrected chi connectivity index (χ4v) is 2.71. The molecule has 4 heteroatoms. The van der Waals surface area contributed by atoms with E-state index in [0.717, 1.165) is 18.2 Å². The fraction of sp³-hybridized carbons (Fsp3) is 0.533. The number of carbonyl (C=O) groups is 1. The van der Waals surface area contributed by atoms with Gasteiger partial charge < -0.3 is 10.2 Å². The molecule has 0 heterocycles. The summed E-state index contributed by atoms with van der Waals surface area (Å²) in [5, 5.41) is 4.06. The summed E-state index contributed by atoms with van der Waals surface area (Å²) in [4.78, 5) is 13.5. The van der Waals surface area contributed by atoms with Gasteiger partial charge >= 0.3 is 0 Å². The topological polar surface area (TPSA) is 32.3 Å². The largest absolute Gasteiger partial charge is 0.384 e. The Balaban J connectivity index is 2.06. The van der Waals surface area contributed by atoms with Crippen LogP contribution in [0.3, 0.4) is 0 Å². The minimum Gasteiger partial charge on any atom is -0.384 e. The lowest BCUT2D eigenvalue weighted by Crippen LogP contribution is -2.21. The van der Waals surface area contributed by atoms with Crippen molar-refractivity contribution in [3.63, 3.8) is 0 Å². The summed E-state index contributed by atoms with van der Waals surface area (Å²) < 4.78 is 0. The highest BCUT2D eigenvalue weighted by Gasteiger charge is 2.16. The number of anilines is 1. The average Bonchev–Trinajstić information content (AvgIpc) is 2.90. The zero-order valence-corrected chi connectivity index (χ0v) is 12.3. The third kappa shape index (κ3) is 3.63. The summed E-state index contributed by atoms with van der Waals surface area (Å²) in [7, 11) is 3.51. The molecule has 19 heavy (non-hydrogen) atoms. The molecule has 3 nitrogen and oxygen atoms in total. The summed E-state index contributed by atoms with van der Waals surface area (Å²) in [5.41, 5.74) is 1.53. The van der Waals surface area contributed by atoms with Gasteiger partial charge in [-0.2, -0.15) is 0 Å². The minimum atomic E-state index is 0.000540. The van der Waals surface area contributed by atoms with E-state index in [-0.39, 0.29) is 5.91 Å². The van der Waals surface area contributed by atoms with Crippen LogP contribution in [0.15, 0.2) is 18.2 Å². The lowest BCUT2D eigenvalue weighted by molar-refractivity contribution is 0.0827. The Morgan fingerprint density at radius 2 is 2.05 bits per heavy atom. The maximum absolute atomic E-state index is 11.9. The Hall–Kier alpha value is -1.22. The second kappa shape index (κ2) is 6.29. The molecule has 1 aliphatic carbocycles. The number of nitrogens with one attached hydrogen (secondary N) is 1. The zero-order chi connectivity index (χ0) is 13.8. The zero-order valence-electron chi connectivity index (χ0n) is 11.6. The van der Waals surface area contributed by atoms with E-state index in [9.17, 15) is 4.79 Å². The van der Waals surface area contributed by atoms with E-state index in [1.165, 1.54) is 25.7 Å². The van der Waals surface area contributed by atoms with Gasteiger partial charge in [0.25, 0.3) is 5.91 Å². The number of benzene rings is 1. The number of nitrogens with zero attached hydrogens (tertiary/aromatic N) is 1. The smallest absolute Gasteiger partial charge is 0.253 e. The molecule has 1 fully saturated rings. The average molecular weight is 281 g/mol. The fourth-order valence-electron chi connectivity index (χ4n) is 2.52. The van der Waals surface area contributed by atoms with E-state index in [1.54, 1.807) is 31.1 Å². The van der Waals surface area contributed by atoms with E-state index in [2.05, 4.69) is 5.32 Å². The molecule has 104 valence electrons. The van der Waals surface area contributed by atoms with Gasteiger partial charge in [-0.05, 0) is 37.0 Å². The molecule has 1 saturated carbocycles. The first-order valence-electron chi connectivity index (χ1n) is 6.83. The number of carbonyl (C=O) groups excluding carboxylic acids is 1. The molecule has 1 aliphatic rings. The molecule has 0 aliphatic heterocycles. The Morgan fingerprint density at radius 1 is 1.37 bits per heavy atom. The maximum Gasteiger partial charge on any atom is 0.253 e. The van der Waals surface area contributed by atoms with Crippen LogP contribution in [0, 0.1) is 5.92 Å². The number of halogens is 1. The van der Waals surface area contributed by atoms with Crippen LogP contribution >= 0.6 is 11.6 Å². The molecule has 0 radical (unpaired) electrons. The first-order chi connectivity index (χ1) is 9.08. The van der Waals surface area contributed by atoms with Crippen LogP contribution in [0.25, 0.3) is 0 Å². The SMILES string of the molecule is CN(C)C(=O)c1ccc(Cl)c(NCC2CCCC2)c1. The van der Waals surface area contributed by atoms with Crippen LogP contribution in [0.1, 0.15) is 36.0 Å². The van der Waals surface area contributed by atoms with Crippen molar-refractivity contribution in [1.29, 1.82) is 0 Å². The highest BCUT2D eigenvalue weighted by molar-refractivity contribution is 6.33. The molecule has 0 unspecified atom stereocenters. The molecule has 1 aromatic carbocycles.